The molecule has 0 radical (unpaired) electrons. The maximum absolute atomic E-state index is 13.6. The summed E-state index contributed by atoms with van der Waals surface area (Å²) in [6.07, 6.45) is 6.04. The van der Waals surface area contributed by atoms with Gasteiger partial charge in [0, 0.05) is 29.7 Å². The van der Waals surface area contributed by atoms with E-state index in [0.29, 0.717) is 0 Å². The summed E-state index contributed by atoms with van der Waals surface area (Å²) < 4.78 is 13.6. The molecule has 2 atom stereocenters. The third-order valence-corrected chi connectivity index (χ3v) is 5.85. The highest BCUT2D eigenvalue weighted by Gasteiger charge is 2.35. The summed E-state index contributed by atoms with van der Waals surface area (Å²) in [6.45, 7) is 2.80. The average molecular weight is 391 g/mol. The van der Waals surface area contributed by atoms with Crippen LogP contribution in [0.25, 0.3) is 11.0 Å². The zero-order valence-corrected chi connectivity index (χ0v) is 16.7. The molecule has 5 heteroatoms. The number of hydrogen-bond donors (Lipinski definition) is 0. The molecule has 0 spiro atoms. The molecule has 150 valence electrons. The van der Waals surface area contributed by atoms with Crippen LogP contribution in [-0.2, 0) is 11.2 Å². The Kier molecular flexibility index (Phi) is 5.84. The van der Waals surface area contributed by atoms with Crippen molar-refractivity contribution in [3.05, 3.63) is 71.8 Å². The first-order valence-electron chi connectivity index (χ1n) is 10.4. The van der Waals surface area contributed by atoms with Crippen molar-refractivity contribution in [1.82, 2.24) is 14.9 Å². The number of pyridine rings is 2. The van der Waals surface area contributed by atoms with E-state index in [9.17, 15) is 9.18 Å². The van der Waals surface area contributed by atoms with E-state index in [0.717, 1.165) is 60.9 Å². The Morgan fingerprint density at radius 2 is 2.10 bits per heavy atom. The minimum atomic E-state index is -0.249. The smallest absolute Gasteiger partial charge is 0.226 e. The summed E-state index contributed by atoms with van der Waals surface area (Å²) >= 11 is 0. The lowest BCUT2D eigenvalue weighted by atomic mass is 9.99. The molecule has 4 nitrogen and oxygen atoms in total. The Labute approximate surface area is 170 Å². The van der Waals surface area contributed by atoms with Gasteiger partial charge >= 0.3 is 0 Å². The number of rotatable bonds is 7. The molecule has 1 aliphatic heterocycles. The minimum absolute atomic E-state index is 0.0450. The van der Waals surface area contributed by atoms with Crippen LogP contribution < -0.4 is 0 Å². The number of fused-ring (bicyclic) bond motifs is 1. The van der Waals surface area contributed by atoms with E-state index in [1.54, 1.807) is 18.3 Å². The Balaban J connectivity index is 1.36. The standard InChI is InChI=1S/C24H26FN3O/c1-2-22(19-7-3-9-20(25)16-19)28-15-13-18(24(28)29)6-4-10-21-12-11-17-8-5-14-26-23(17)27-21/h3,5,7-9,11-12,14,16,18,22H,2,4,6,10,13,15H2,1H3. The Morgan fingerprint density at radius 1 is 1.21 bits per heavy atom. The van der Waals surface area contributed by atoms with Crippen LogP contribution >= 0.6 is 0 Å². The molecule has 3 heterocycles. The number of nitrogens with zero attached hydrogens (tertiary/aromatic N) is 3. The molecular formula is C24H26FN3O. The molecule has 1 amide bonds. The molecule has 0 aliphatic carbocycles. The summed E-state index contributed by atoms with van der Waals surface area (Å²) in [6, 6.07) is 14.6. The molecular weight excluding hydrogens is 365 g/mol. The zero-order valence-electron chi connectivity index (χ0n) is 16.7. The van der Waals surface area contributed by atoms with Gasteiger partial charge in [-0.25, -0.2) is 14.4 Å². The number of hydrogen-bond acceptors (Lipinski definition) is 3. The van der Waals surface area contributed by atoms with Gasteiger partial charge in [-0.3, -0.25) is 4.79 Å². The van der Waals surface area contributed by atoms with Crippen molar-refractivity contribution in [1.29, 1.82) is 0 Å². The summed E-state index contributed by atoms with van der Waals surface area (Å²) in [4.78, 5) is 23.9. The quantitative estimate of drug-likeness (QED) is 0.563. The van der Waals surface area contributed by atoms with Crippen LogP contribution in [0, 0.1) is 11.7 Å². The second-order valence-electron chi connectivity index (χ2n) is 7.74. The molecule has 0 N–H and O–H groups in total. The molecule has 4 rings (SSSR count). The first kappa shape index (κ1) is 19.5. The van der Waals surface area contributed by atoms with Gasteiger partial charge < -0.3 is 4.90 Å². The van der Waals surface area contributed by atoms with Gasteiger partial charge in [-0.05, 0) is 74.1 Å². The third kappa shape index (κ3) is 4.29. The van der Waals surface area contributed by atoms with Crippen molar-refractivity contribution < 1.29 is 9.18 Å². The maximum atomic E-state index is 13.6. The highest BCUT2D eigenvalue weighted by Crippen LogP contribution is 2.33. The molecule has 2 unspecified atom stereocenters. The van der Waals surface area contributed by atoms with Crippen LogP contribution in [0.3, 0.4) is 0 Å². The lowest BCUT2D eigenvalue weighted by molar-refractivity contribution is -0.133. The number of likely N-dealkylation sites (tertiary alicyclic amines) is 1. The normalized spacial score (nSPS) is 17.8. The highest BCUT2D eigenvalue weighted by atomic mass is 19.1. The van der Waals surface area contributed by atoms with Crippen molar-refractivity contribution in [2.24, 2.45) is 5.92 Å². The lowest BCUT2D eigenvalue weighted by Crippen LogP contribution is -2.31. The van der Waals surface area contributed by atoms with Gasteiger partial charge in [0.05, 0.1) is 6.04 Å². The number of aromatic nitrogens is 2. The van der Waals surface area contributed by atoms with Crippen LogP contribution in [0.4, 0.5) is 4.39 Å². The SMILES string of the molecule is CCC(c1cccc(F)c1)N1CCC(CCCc2ccc3cccnc3n2)C1=O. The lowest BCUT2D eigenvalue weighted by Gasteiger charge is -2.28. The number of halogens is 1. The zero-order chi connectivity index (χ0) is 20.2. The summed E-state index contributed by atoms with van der Waals surface area (Å²) in [7, 11) is 0. The number of benzene rings is 1. The second-order valence-corrected chi connectivity index (χ2v) is 7.74. The first-order valence-corrected chi connectivity index (χ1v) is 10.4. The minimum Gasteiger partial charge on any atom is -0.335 e. The molecule has 1 aromatic carbocycles. The molecule has 29 heavy (non-hydrogen) atoms. The molecule has 0 saturated carbocycles. The Morgan fingerprint density at radius 3 is 2.93 bits per heavy atom. The van der Waals surface area contributed by atoms with Crippen molar-refractivity contribution >= 4 is 16.9 Å². The fraction of sp³-hybridized carbons (Fsp3) is 0.375. The highest BCUT2D eigenvalue weighted by molar-refractivity contribution is 5.81. The van der Waals surface area contributed by atoms with Gasteiger partial charge in [0.2, 0.25) is 5.91 Å². The van der Waals surface area contributed by atoms with Crippen LogP contribution in [0.15, 0.2) is 54.7 Å². The molecule has 1 fully saturated rings. The number of carbonyl (C=O) groups is 1. The van der Waals surface area contributed by atoms with Gasteiger partial charge in [-0.15, -0.1) is 0 Å². The van der Waals surface area contributed by atoms with E-state index in [1.807, 2.05) is 29.2 Å². The van der Waals surface area contributed by atoms with Crippen molar-refractivity contribution in [3.63, 3.8) is 0 Å². The second kappa shape index (κ2) is 8.68. The van der Waals surface area contributed by atoms with Gasteiger partial charge in [-0.2, -0.15) is 0 Å². The molecule has 2 aromatic heterocycles. The van der Waals surface area contributed by atoms with Gasteiger partial charge in [0.15, 0.2) is 5.65 Å². The van der Waals surface area contributed by atoms with E-state index in [2.05, 4.69) is 23.0 Å². The van der Waals surface area contributed by atoms with E-state index in [-0.39, 0.29) is 23.7 Å². The molecule has 0 bridgehead atoms. The predicted molar refractivity (Wildman–Crippen MR) is 112 cm³/mol. The van der Waals surface area contributed by atoms with Gasteiger partial charge in [0.1, 0.15) is 5.82 Å². The summed E-state index contributed by atoms with van der Waals surface area (Å²) in [5, 5.41) is 1.04. The van der Waals surface area contributed by atoms with E-state index < -0.39 is 0 Å². The van der Waals surface area contributed by atoms with Gasteiger partial charge in [-0.1, -0.05) is 19.1 Å². The number of aryl methyl sites for hydroxylation is 1. The maximum Gasteiger partial charge on any atom is 0.226 e. The molecule has 1 aliphatic rings. The fourth-order valence-electron chi connectivity index (χ4n) is 4.35. The van der Waals surface area contributed by atoms with Crippen molar-refractivity contribution in [2.75, 3.05) is 6.54 Å². The summed E-state index contributed by atoms with van der Waals surface area (Å²) in [5.41, 5.74) is 2.67. The first-order chi connectivity index (χ1) is 14.2. The Bertz CT molecular complexity index is 1010. The van der Waals surface area contributed by atoms with Crippen LogP contribution in [-0.4, -0.2) is 27.3 Å². The Hall–Kier alpha value is -2.82. The fourth-order valence-corrected chi connectivity index (χ4v) is 4.35. The monoisotopic (exact) mass is 391 g/mol. The third-order valence-electron chi connectivity index (χ3n) is 5.85. The van der Waals surface area contributed by atoms with Crippen LogP contribution in [0.2, 0.25) is 0 Å². The van der Waals surface area contributed by atoms with Gasteiger partial charge in [0.25, 0.3) is 0 Å². The van der Waals surface area contributed by atoms with E-state index in [1.165, 1.54) is 6.07 Å². The molecule has 3 aromatic rings. The van der Waals surface area contributed by atoms with E-state index in [4.69, 9.17) is 0 Å². The summed E-state index contributed by atoms with van der Waals surface area (Å²) in [5.74, 6) is 0.00644. The average Bonchev–Trinajstić information content (AvgIpc) is 3.09. The number of amides is 1. The van der Waals surface area contributed by atoms with Crippen molar-refractivity contribution in [2.45, 2.75) is 45.1 Å². The van der Waals surface area contributed by atoms with Crippen molar-refractivity contribution in [3.8, 4) is 0 Å². The van der Waals surface area contributed by atoms with Crippen LogP contribution in [0.5, 0.6) is 0 Å². The van der Waals surface area contributed by atoms with Crippen LogP contribution in [0.1, 0.15) is 49.9 Å². The molecule has 1 saturated heterocycles. The topological polar surface area (TPSA) is 46.1 Å². The number of carbonyl (C=O) groups excluding carboxylic acids is 1. The predicted octanol–water partition coefficient (Wildman–Crippen LogP) is 5.09. The van der Waals surface area contributed by atoms with E-state index >= 15 is 0 Å². The largest absolute Gasteiger partial charge is 0.335 e.